The maximum atomic E-state index is 13.7. The van der Waals surface area contributed by atoms with Gasteiger partial charge in [-0.3, -0.25) is 0 Å². The van der Waals surface area contributed by atoms with Crippen LogP contribution in [0.2, 0.25) is 5.02 Å². The number of benzene rings is 2. The van der Waals surface area contributed by atoms with E-state index in [1.165, 1.54) is 6.07 Å². The van der Waals surface area contributed by atoms with Crippen molar-refractivity contribution in [3.05, 3.63) is 64.4 Å². The zero-order valence-corrected chi connectivity index (χ0v) is 12.0. The Kier molecular flexibility index (Phi) is 4.99. The quantitative estimate of drug-likeness (QED) is 0.906. The first-order chi connectivity index (χ1) is 9.56. The molecule has 0 bridgehead atoms. The fourth-order valence-corrected chi connectivity index (χ4v) is 2.11. The van der Waals surface area contributed by atoms with E-state index in [-0.39, 0.29) is 18.5 Å². The highest BCUT2D eigenvalue weighted by Gasteiger charge is 2.08. The molecule has 0 heterocycles. The number of hydrogen-bond acceptors (Lipinski definition) is 2. The maximum absolute atomic E-state index is 13.7. The van der Waals surface area contributed by atoms with Crippen molar-refractivity contribution in [2.75, 3.05) is 0 Å². The molecule has 1 unspecified atom stereocenters. The molecule has 0 radical (unpaired) electrons. The summed E-state index contributed by atoms with van der Waals surface area (Å²) >= 11 is 5.72. The minimum absolute atomic E-state index is 0.0482. The van der Waals surface area contributed by atoms with Crippen molar-refractivity contribution in [1.29, 1.82) is 0 Å². The van der Waals surface area contributed by atoms with Gasteiger partial charge < -0.3 is 10.5 Å². The lowest BCUT2D eigenvalue weighted by Crippen LogP contribution is -2.18. The Bertz CT molecular complexity index is 586. The molecule has 2 nitrogen and oxygen atoms in total. The molecule has 0 saturated heterocycles. The number of halogens is 2. The van der Waals surface area contributed by atoms with Gasteiger partial charge in [-0.05, 0) is 37.1 Å². The standard InChI is InChI=1S/C16H17ClFNO/c1-11(19)8-12-4-2-3-5-16(12)20-10-13-6-7-14(17)9-15(13)18/h2-7,9,11H,8,10,19H2,1H3. The summed E-state index contributed by atoms with van der Waals surface area (Å²) in [6, 6.07) is 12.3. The van der Waals surface area contributed by atoms with Crippen molar-refractivity contribution in [3.8, 4) is 5.75 Å². The smallest absolute Gasteiger partial charge is 0.131 e. The van der Waals surface area contributed by atoms with Crippen LogP contribution in [0.15, 0.2) is 42.5 Å². The van der Waals surface area contributed by atoms with Crippen molar-refractivity contribution < 1.29 is 9.13 Å². The summed E-state index contributed by atoms with van der Waals surface area (Å²) in [7, 11) is 0. The molecule has 2 rings (SSSR count). The van der Waals surface area contributed by atoms with Crippen LogP contribution in [-0.4, -0.2) is 6.04 Å². The molecular weight excluding hydrogens is 277 g/mol. The molecule has 0 spiro atoms. The number of nitrogens with two attached hydrogens (primary N) is 1. The summed E-state index contributed by atoms with van der Waals surface area (Å²) in [6.07, 6.45) is 0.722. The molecule has 0 aliphatic carbocycles. The van der Waals surface area contributed by atoms with E-state index in [9.17, 15) is 4.39 Å². The third-order valence-corrected chi connectivity index (χ3v) is 3.15. The van der Waals surface area contributed by atoms with Gasteiger partial charge in [0.05, 0.1) is 0 Å². The van der Waals surface area contributed by atoms with Gasteiger partial charge in [0.15, 0.2) is 0 Å². The van der Waals surface area contributed by atoms with E-state index in [0.29, 0.717) is 10.6 Å². The first-order valence-corrected chi connectivity index (χ1v) is 6.84. The number of ether oxygens (including phenoxy) is 1. The van der Waals surface area contributed by atoms with Gasteiger partial charge in [-0.25, -0.2) is 4.39 Å². The van der Waals surface area contributed by atoms with E-state index < -0.39 is 0 Å². The molecule has 0 saturated carbocycles. The minimum atomic E-state index is -0.359. The van der Waals surface area contributed by atoms with Gasteiger partial charge in [0.2, 0.25) is 0 Å². The summed E-state index contributed by atoms with van der Waals surface area (Å²) in [4.78, 5) is 0. The van der Waals surface area contributed by atoms with Crippen molar-refractivity contribution in [2.24, 2.45) is 5.73 Å². The molecule has 0 amide bonds. The highest BCUT2D eigenvalue weighted by Crippen LogP contribution is 2.22. The summed E-state index contributed by atoms with van der Waals surface area (Å²) in [5.41, 5.74) is 7.31. The fourth-order valence-electron chi connectivity index (χ4n) is 1.95. The van der Waals surface area contributed by atoms with E-state index in [0.717, 1.165) is 17.7 Å². The Morgan fingerprint density at radius 1 is 1.20 bits per heavy atom. The van der Waals surface area contributed by atoms with E-state index in [1.807, 2.05) is 31.2 Å². The average molecular weight is 294 g/mol. The van der Waals surface area contributed by atoms with Crippen molar-refractivity contribution in [3.63, 3.8) is 0 Å². The Hall–Kier alpha value is -1.58. The molecule has 2 aromatic rings. The predicted molar refractivity (Wildman–Crippen MR) is 79.5 cm³/mol. The van der Waals surface area contributed by atoms with E-state index in [2.05, 4.69) is 0 Å². The van der Waals surface area contributed by atoms with Crippen LogP contribution < -0.4 is 10.5 Å². The second-order valence-corrected chi connectivity index (χ2v) is 5.25. The van der Waals surface area contributed by atoms with Crippen LogP contribution >= 0.6 is 11.6 Å². The molecule has 0 aliphatic heterocycles. The van der Waals surface area contributed by atoms with Crippen LogP contribution in [0, 0.1) is 5.82 Å². The molecule has 0 aromatic heterocycles. The topological polar surface area (TPSA) is 35.2 Å². The van der Waals surface area contributed by atoms with Gasteiger partial charge in [-0.1, -0.05) is 35.9 Å². The molecule has 106 valence electrons. The van der Waals surface area contributed by atoms with Gasteiger partial charge in [-0.15, -0.1) is 0 Å². The maximum Gasteiger partial charge on any atom is 0.131 e. The highest BCUT2D eigenvalue weighted by molar-refractivity contribution is 6.30. The van der Waals surface area contributed by atoms with Crippen LogP contribution in [0.25, 0.3) is 0 Å². The lowest BCUT2D eigenvalue weighted by atomic mass is 10.1. The van der Waals surface area contributed by atoms with Crippen LogP contribution in [0.5, 0.6) is 5.75 Å². The van der Waals surface area contributed by atoms with Gasteiger partial charge in [0, 0.05) is 16.6 Å². The first-order valence-electron chi connectivity index (χ1n) is 6.46. The zero-order chi connectivity index (χ0) is 14.5. The van der Waals surface area contributed by atoms with Gasteiger partial charge in [0.1, 0.15) is 18.2 Å². The fraction of sp³-hybridized carbons (Fsp3) is 0.250. The molecule has 0 aliphatic rings. The molecule has 4 heteroatoms. The summed E-state index contributed by atoms with van der Waals surface area (Å²) in [6.45, 7) is 2.11. The summed E-state index contributed by atoms with van der Waals surface area (Å²) < 4.78 is 19.4. The van der Waals surface area contributed by atoms with Crippen LogP contribution in [0.3, 0.4) is 0 Å². The molecule has 2 N–H and O–H groups in total. The normalized spacial score (nSPS) is 12.2. The third-order valence-electron chi connectivity index (χ3n) is 2.91. The molecule has 0 fully saturated rings. The predicted octanol–water partition coefficient (Wildman–Crippen LogP) is 3.95. The summed E-state index contributed by atoms with van der Waals surface area (Å²) in [5, 5.41) is 0.378. The van der Waals surface area contributed by atoms with Crippen molar-refractivity contribution in [1.82, 2.24) is 0 Å². The zero-order valence-electron chi connectivity index (χ0n) is 11.3. The van der Waals surface area contributed by atoms with Gasteiger partial charge >= 0.3 is 0 Å². The first kappa shape index (κ1) is 14.8. The number of rotatable bonds is 5. The van der Waals surface area contributed by atoms with E-state index in [4.69, 9.17) is 22.1 Å². The highest BCUT2D eigenvalue weighted by atomic mass is 35.5. The number of hydrogen-bond donors (Lipinski definition) is 1. The second kappa shape index (κ2) is 6.73. The third kappa shape index (κ3) is 3.95. The van der Waals surface area contributed by atoms with Crippen molar-refractivity contribution >= 4 is 11.6 Å². The SMILES string of the molecule is CC(N)Cc1ccccc1OCc1ccc(Cl)cc1F. The van der Waals surface area contributed by atoms with Crippen LogP contribution in [-0.2, 0) is 13.0 Å². The van der Waals surface area contributed by atoms with E-state index in [1.54, 1.807) is 12.1 Å². The Morgan fingerprint density at radius 3 is 2.65 bits per heavy atom. The monoisotopic (exact) mass is 293 g/mol. The summed E-state index contributed by atoms with van der Waals surface area (Å²) in [5.74, 6) is 0.376. The van der Waals surface area contributed by atoms with Crippen molar-refractivity contribution in [2.45, 2.75) is 26.0 Å². The largest absolute Gasteiger partial charge is 0.489 e. The number of para-hydroxylation sites is 1. The Labute approximate surface area is 123 Å². The lowest BCUT2D eigenvalue weighted by Gasteiger charge is -2.13. The van der Waals surface area contributed by atoms with Gasteiger partial charge in [0.25, 0.3) is 0 Å². The molecule has 20 heavy (non-hydrogen) atoms. The van der Waals surface area contributed by atoms with Gasteiger partial charge in [-0.2, -0.15) is 0 Å². The Morgan fingerprint density at radius 2 is 1.95 bits per heavy atom. The molecule has 2 aromatic carbocycles. The van der Waals surface area contributed by atoms with E-state index >= 15 is 0 Å². The van der Waals surface area contributed by atoms with Crippen LogP contribution in [0.4, 0.5) is 4.39 Å². The lowest BCUT2D eigenvalue weighted by molar-refractivity contribution is 0.296. The molecule has 1 atom stereocenters. The minimum Gasteiger partial charge on any atom is -0.489 e. The second-order valence-electron chi connectivity index (χ2n) is 4.81. The average Bonchev–Trinajstić information content (AvgIpc) is 2.39. The van der Waals surface area contributed by atoms with Crippen LogP contribution in [0.1, 0.15) is 18.1 Å². The molecular formula is C16H17ClFNO. The Balaban J connectivity index is 2.10.